The minimum atomic E-state index is 1.07. The molecule has 0 aliphatic heterocycles. The quantitative estimate of drug-likeness (QED) is 0.304. The minimum absolute atomic E-state index is 1.07. The number of hydrogen-bond acceptors (Lipinski definition) is 1. The molecule has 0 aliphatic carbocycles. The molecular weight excluding hydrogens is 220 g/mol. The molecule has 15 heavy (non-hydrogen) atoms. The van der Waals surface area contributed by atoms with Crippen molar-refractivity contribution in [1.82, 2.24) is 0 Å². The lowest BCUT2D eigenvalue weighted by Crippen LogP contribution is -1.90. The van der Waals surface area contributed by atoms with Crippen LogP contribution in [-0.2, 0) is 11.4 Å². The first-order valence-corrected chi connectivity index (χ1v) is 7.65. The Morgan fingerprint density at radius 2 is 1.40 bits per heavy atom. The first kappa shape index (κ1) is 15.2. The number of unbranched alkanes of at least 4 members (excludes halogenated alkanes) is 8. The van der Waals surface area contributed by atoms with Gasteiger partial charge >= 0.3 is 0 Å². The van der Waals surface area contributed by atoms with Crippen LogP contribution in [-0.4, -0.2) is 10.1 Å². The maximum atomic E-state index is 5.10. The van der Waals surface area contributed by atoms with Crippen LogP contribution in [0.1, 0.15) is 71.1 Å². The van der Waals surface area contributed by atoms with Gasteiger partial charge in [-0.1, -0.05) is 58.3 Å². The van der Waals surface area contributed by atoms with Gasteiger partial charge in [-0.2, -0.15) is 0 Å². The molecule has 0 saturated carbocycles. The van der Waals surface area contributed by atoms with E-state index in [-0.39, 0.29) is 0 Å². The Morgan fingerprint density at radius 1 is 0.933 bits per heavy atom. The van der Waals surface area contributed by atoms with Crippen molar-refractivity contribution in [2.24, 2.45) is 0 Å². The topological polar surface area (TPSA) is 0 Å². The fourth-order valence-electron chi connectivity index (χ4n) is 1.65. The Labute approximate surface area is 105 Å². The monoisotopic (exact) mass is 245 g/mol. The van der Waals surface area contributed by atoms with Crippen LogP contribution in [0.3, 0.4) is 0 Å². The zero-order valence-electron chi connectivity index (χ0n) is 10.1. The van der Waals surface area contributed by atoms with E-state index in [1.807, 2.05) is 0 Å². The van der Waals surface area contributed by atoms with Crippen molar-refractivity contribution in [3.63, 3.8) is 0 Å². The summed E-state index contributed by atoms with van der Waals surface area (Å²) >= 11 is 6.59. The molecule has 0 aromatic heterocycles. The van der Waals surface area contributed by atoms with Gasteiger partial charge in [0.1, 0.15) is 0 Å². The average molecular weight is 245 g/mol. The van der Waals surface area contributed by atoms with Crippen LogP contribution in [0.2, 0.25) is 0 Å². The predicted octanol–water partition coefficient (Wildman–Crippen LogP) is 4.75. The summed E-state index contributed by atoms with van der Waals surface area (Å²) in [6.07, 6.45) is 13.5. The van der Waals surface area contributed by atoms with Crippen LogP contribution in [0.25, 0.3) is 0 Å². The van der Waals surface area contributed by atoms with Gasteiger partial charge in [-0.15, -0.1) is 0 Å². The number of thiocarbonyl (C=S) groups is 1. The minimum Gasteiger partial charge on any atom is -0.0654 e. The van der Waals surface area contributed by atoms with E-state index in [1.165, 1.54) is 69.1 Å². The van der Waals surface area contributed by atoms with E-state index in [1.54, 1.807) is 0 Å². The van der Waals surface area contributed by atoms with E-state index in [4.69, 9.17) is 12.2 Å². The largest absolute Gasteiger partial charge is 0.270 e. The Balaban J connectivity index is 2.98. The highest BCUT2D eigenvalue weighted by molar-refractivity contribution is 8.07. The van der Waals surface area contributed by atoms with Crippen molar-refractivity contribution in [1.29, 1.82) is 0 Å². The first-order valence-electron chi connectivity index (χ1n) is 6.26. The molecule has 2 heteroatoms. The molecule has 0 aromatic rings. The summed E-state index contributed by atoms with van der Waals surface area (Å²) in [5.41, 5.74) is 0. The van der Waals surface area contributed by atoms with Crippen LogP contribution in [0.4, 0.5) is 0 Å². The zero-order chi connectivity index (χ0) is 11.4. The maximum Gasteiger partial charge on any atom is 0.270 e. The third kappa shape index (κ3) is 12.1. The SMILES string of the molecule is C=[S+]C(=S)CCCCCCCCCCC. The molecule has 88 valence electrons. The van der Waals surface area contributed by atoms with Gasteiger partial charge in [0.15, 0.2) is 5.87 Å². The molecule has 0 amide bonds. The lowest BCUT2D eigenvalue weighted by atomic mass is 10.1. The Bertz CT molecular complexity index is 164. The smallest absolute Gasteiger partial charge is 0.0654 e. The summed E-state index contributed by atoms with van der Waals surface area (Å²) in [4.78, 5) is 0. The normalized spacial score (nSPS) is 10.2. The molecule has 0 saturated heterocycles. The van der Waals surface area contributed by atoms with E-state index < -0.39 is 0 Å². The van der Waals surface area contributed by atoms with Crippen molar-refractivity contribution in [2.75, 3.05) is 0 Å². The van der Waals surface area contributed by atoms with Gasteiger partial charge in [0.05, 0.1) is 0 Å². The van der Waals surface area contributed by atoms with E-state index in [0.717, 1.165) is 10.6 Å². The molecule has 0 spiro atoms. The van der Waals surface area contributed by atoms with Crippen molar-refractivity contribution < 1.29 is 0 Å². The molecule has 0 bridgehead atoms. The third-order valence-electron chi connectivity index (χ3n) is 2.65. The first-order chi connectivity index (χ1) is 7.31. The molecule has 0 rings (SSSR count). The van der Waals surface area contributed by atoms with Gasteiger partial charge in [0.2, 0.25) is 11.4 Å². The summed E-state index contributed by atoms with van der Waals surface area (Å²) in [5.74, 6) is 3.72. The summed E-state index contributed by atoms with van der Waals surface area (Å²) < 4.78 is 1.07. The second kappa shape index (κ2) is 12.3. The summed E-state index contributed by atoms with van der Waals surface area (Å²) in [5, 5.41) is 0. The molecule has 0 fully saturated rings. The highest BCUT2D eigenvalue weighted by atomic mass is 32.2. The molecule has 0 radical (unpaired) electrons. The van der Waals surface area contributed by atoms with Crippen LogP contribution in [0.15, 0.2) is 0 Å². The Kier molecular flexibility index (Phi) is 12.4. The molecular formula is C13H25S2+. The molecule has 0 N–H and O–H groups in total. The third-order valence-corrected chi connectivity index (χ3v) is 3.73. The average Bonchev–Trinajstić information content (AvgIpc) is 2.26. The van der Waals surface area contributed by atoms with Gasteiger partial charge in [-0.05, 0) is 18.6 Å². The second-order valence-corrected chi connectivity index (χ2v) is 5.63. The summed E-state index contributed by atoms with van der Waals surface area (Å²) in [6.45, 7) is 2.27. The molecule has 0 aromatic carbocycles. The van der Waals surface area contributed by atoms with Gasteiger partial charge < -0.3 is 0 Å². The fourth-order valence-corrected chi connectivity index (χ4v) is 2.09. The molecule has 0 heterocycles. The van der Waals surface area contributed by atoms with Gasteiger partial charge in [0, 0.05) is 6.42 Å². The number of hydrogen-bond donors (Lipinski definition) is 0. The van der Waals surface area contributed by atoms with E-state index in [2.05, 4.69) is 12.8 Å². The fraction of sp³-hybridized carbons (Fsp3) is 0.846. The van der Waals surface area contributed by atoms with E-state index in [0.29, 0.717) is 0 Å². The van der Waals surface area contributed by atoms with Crippen molar-refractivity contribution in [3.8, 4) is 0 Å². The predicted molar refractivity (Wildman–Crippen MR) is 78.9 cm³/mol. The van der Waals surface area contributed by atoms with Crippen LogP contribution < -0.4 is 0 Å². The highest BCUT2D eigenvalue weighted by Gasteiger charge is 2.02. The molecule has 0 atom stereocenters. The maximum absolute atomic E-state index is 5.10. The highest BCUT2D eigenvalue weighted by Crippen LogP contribution is 2.10. The number of rotatable bonds is 10. The van der Waals surface area contributed by atoms with Crippen molar-refractivity contribution >= 4 is 33.6 Å². The van der Waals surface area contributed by atoms with E-state index in [9.17, 15) is 0 Å². The molecule has 0 nitrogen and oxygen atoms in total. The van der Waals surface area contributed by atoms with Crippen LogP contribution in [0.5, 0.6) is 0 Å². The Hall–Kier alpha value is 0.180. The summed E-state index contributed by atoms with van der Waals surface area (Å²) in [7, 11) is 0. The molecule has 0 aliphatic rings. The summed E-state index contributed by atoms with van der Waals surface area (Å²) in [6, 6.07) is 0. The van der Waals surface area contributed by atoms with Crippen LogP contribution >= 0.6 is 12.2 Å². The standard InChI is InChI=1S/C13H25S2/c1-3-4-5-6-7-8-9-10-11-12-13(14)15-2/h2-12H2,1H3/q+1. The molecule has 0 unspecified atom stereocenters. The van der Waals surface area contributed by atoms with Crippen LogP contribution in [0, 0.1) is 0 Å². The van der Waals surface area contributed by atoms with Gasteiger partial charge in [-0.3, -0.25) is 0 Å². The zero-order valence-corrected chi connectivity index (χ0v) is 11.7. The Morgan fingerprint density at radius 3 is 1.87 bits per heavy atom. The second-order valence-electron chi connectivity index (χ2n) is 4.09. The van der Waals surface area contributed by atoms with Crippen molar-refractivity contribution in [2.45, 2.75) is 71.1 Å². The lowest BCUT2D eigenvalue weighted by Gasteiger charge is -2.00. The van der Waals surface area contributed by atoms with Crippen molar-refractivity contribution in [3.05, 3.63) is 0 Å². The van der Waals surface area contributed by atoms with Gasteiger partial charge in [-0.25, -0.2) is 0 Å². The lowest BCUT2D eigenvalue weighted by molar-refractivity contribution is 0.569. The van der Waals surface area contributed by atoms with E-state index >= 15 is 0 Å². The van der Waals surface area contributed by atoms with Gasteiger partial charge in [0.25, 0.3) is 4.20 Å².